The lowest BCUT2D eigenvalue weighted by molar-refractivity contribution is -0.124. The lowest BCUT2D eigenvalue weighted by Crippen LogP contribution is -2.22. The maximum absolute atomic E-state index is 12.8. The quantitative estimate of drug-likeness (QED) is 0.166. The number of hydrogen-bond acceptors (Lipinski definition) is 5. The number of hydroxylamine groups is 1. The van der Waals surface area contributed by atoms with Crippen molar-refractivity contribution < 1.29 is 24.6 Å². The molecule has 0 aromatic heterocycles. The predicted molar refractivity (Wildman–Crippen MR) is 129 cm³/mol. The van der Waals surface area contributed by atoms with Gasteiger partial charge in [-0.15, -0.1) is 0 Å². The van der Waals surface area contributed by atoms with E-state index in [9.17, 15) is 14.7 Å². The Morgan fingerprint density at radius 2 is 1.81 bits per heavy atom. The summed E-state index contributed by atoms with van der Waals surface area (Å²) in [5, 5.41) is 23.9. The Morgan fingerprint density at radius 1 is 1.09 bits per heavy atom. The minimum Gasteiger partial charge on any atom is -0.506 e. The van der Waals surface area contributed by atoms with E-state index >= 15 is 0 Å². The molecule has 32 heavy (non-hydrogen) atoms. The van der Waals surface area contributed by atoms with Crippen molar-refractivity contribution in [1.29, 1.82) is 0 Å². The van der Waals surface area contributed by atoms with Gasteiger partial charge >= 0.3 is 6.09 Å². The molecule has 2 amide bonds. The number of fused-ring (bicyclic) bond motifs is 1. The van der Waals surface area contributed by atoms with Crippen LogP contribution in [0.4, 0.5) is 10.5 Å². The van der Waals surface area contributed by atoms with Crippen LogP contribution in [0.3, 0.4) is 0 Å². The molecular formula is C23H20Br2N2O5. The molecule has 3 aromatic carbocycles. The Morgan fingerprint density at radius 3 is 2.56 bits per heavy atom. The van der Waals surface area contributed by atoms with E-state index in [0.717, 1.165) is 16.8 Å². The van der Waals surface area contributed by atoms with Crippen LogP contribution >= 0.6 is 31.9 Å². The van der Waals surface area contributed by atoms with Gasteiger partial charge in [0.15, 0.2) is 0 Å². The third-order valence-electron chi connectivity index (χ3n) is 4.76. The average molecular weight is 564 g/mol. The van der Waals surface area contributed by atoms with Crippen LogP contribution in [0, 0.1) is 5.92 Å². The lowest BCUT2D eigenvalue weighted by atomic mass is 9.96. The van der Waals surface area contributed by atoms with Crippen molar-refractivity contribution in [2.24, 2.45) is 5.92 Å². The summed E-state index contributed by atoms with van der Waals surface area (Å²) in [5.41, 5.74) is 2.42. The van der Waals surface area contributed by atoms with Crippen LogP contribution in [-0.4, -0.2) is 22.3 Å². The van der Waals surface area contributed by atoms with Crippen molar-refractivity contribution in [2.45, 2.75) is 13.0 Å². The first kappa shape index (κ1) is 23.8. The first-order valence-corrected chi connectivity index (χ1v) is 11.1. The molecule has 0 aliphatic carbocycles. The van der Waals surface area contributed by atoms with Gasteiger partial charge in [0.05, 0.1) is 10.2 Å². The van der Waals surface area contributed by atoms with E-state index in [4.69, 9.17) is 9.94 Å². The number of benzene rings is 3. The number of phenolic OH excluding ortho intramolecular Hbond substituents is 1. The van der Waals surface area contributed by atoms with Crippen LogP contribution in [0.15, 0.2) is 75.7 Å². The molecule has 166 valence electrons. The molecule has 2 atom stereocenters. The zero-order chi connectivity index (χ0) is 23.3. The third kappa shape index (κ3) is 5.67. The molecule has 0 aliphatic heterocycles. The van der Waals surface area contributed by atoms with Crippen molar-refractivity contribution in [3.8, 4) is 5.75 Å². The van der Waals surface area contributed by atoms with Crippen LogP contribution in [-0.2, 0) is 9.53 Å². The monoisotopic (exact) mass is 562 g/mol. The van der Waals surface area contributed by atoms with Crippen LogP contribution in [0.25, 0.3) is 10.8 Å². The predicted octanol–water partition coefficient (Wildman–Crippen LogP) is 6.06. The van der Waals surface area contributed by atoms with Crippen LogP contribution in [0.5, 0.6) is 5.75 Å². The number of aromatic hydroxyl groups is 1. The summed E-state index contributed by atoms with van der Waals surface area (Å²) < 4.78 is 6.78. The van der Waals surface area contributed by atoms with Gasteiger partial charge in [-0.3, -0.25) is 15.3 Å². The summed E-state index contributed by atoms with van der Waals surface area (Å²) in [5.74, 6) is -1.35. The molecule has 0 fully saturated rings. The van der Waals surface area contributed by atoms with Gasteiger partial charge in [-0.25, -0.2) is 10.3 Å². The topological polar surface area (TPSA) is 108 Å². The molecule has 0 spiro atoms. The number of rotatable bonds is 6. The standard InChI is InChI=1S/C23H20Br2N2O5/c1-13(9-10-20(28)27-31)22(17-11-15(24)12-18(25)21(17)29)32-23(30)26-19-8-4-6-14-5-2-3-7-16(14)19/h2-13,22,29,31H,1H3,(H,26,30)(H,27,28)/b10-9+/t13-,22-/m0/s1. The summed E-state index contributed by atoms with van der Waals surface area (Å²) in [6.45, 7) is 1.71. The number of anilines is 1. The Balaban J connectivity index is 1.92. The van der Waals surface area contributed by atoms with Gasteiger partial charge < -0.3 is 9.84 Å². The number of carbonyl (C=O) groups excluding carboxylic acids is 2. The smallest absolute Gasteiger partial charge is 0.412 e. The molecule has 3 rings (SSSR count). The first-order chi connectivity index (χ1) is 15.3. The molecule has 0 aliphatic rings. The van der Waals surface area contributed by atoms with Crippen LogP contribution < -0.4 is 10.8 Å². The summed E-state index contributed by atoms with van der Waals surface area (Å²) in [4.78, 5) is 24.2. The van der Waals surface area contributed by atoms with E-state index in [1.54, 1.807) is 25.1 Å². The maximum atomic E-state index is 12.8. The molecule has 0 heterocycles. The molecule has 0 bridgehead atoms. The number of ether oxygens (including phenoxy) is 1. The third-order valence-corrected chi connectivity index (χ3v) is 5.83. The van der Waals surface area contributed by atoms with Crippen molar-refractivity contribution >= 4 is 60.3 Å². The highest BCUT2D eigenvalue weighted by atomic mass is 79.9. The normalized spacial score (nSPS) is 13.0. The van der Waals surface area contributed by atoms with E-state index in [-0.39, 0.29) is 5.75 Å². The van der Waals surface area contributed by atoms with Crippen LogP contribution in [0.1, 0.15) is 18.6 Å². The van der Waals surface area contributed by atoms with Gasteiger partial charge in [0.25, 0.3) is 5.91 Å². The second kappa shape index (κ2) is 10.6. The largest absolute Gasteiger partial charge is 0.506 e. The molecule has 0 radical (unpaired) electrons. The summed E-state index contributed by atoms with van der Waals surface area (Å²) in [6, 6.07) is 16.4. The molecule has 4 N–H and O–H groups in total. The van der Waals surface area contributed by atoms with E-state index in [1.165, 1.54) is 11.6 Å². The van der Waals surface area contributed by atoms with E-state index < -0.39 is 24.0 Å². The average Bonchev–Trinajstić information content (AvgIpc) is 2.78. The molecule has 9 heteroatoms. The number of halogens is 2. The molecular weight excluding hydrogens is 544 g/mol. The minimum atomic E-state index is -0.943. The van der Waals surface area contributed by atoms with Crippen molar-refractivity contribution in [3.63, 3.8) is 0 Å². The van der Waals surface area contributed by atoms with Crippen molar-refractivity contribution in [3.05, 3.63) is 81.3 Å². The SMILES string of the molecule is C[C@@H](/C=C/C(=O)NO)[C@H](OC(=O)Nc1cccc2ccccc12)c1cc(Br)cc(Br)c1O. The summed E-state index contributed by atoms with van der Waals surface area (Å²) in [6.07, 6.45) is 0.916. The zero-order valence-electron chi connectivity index (χ0n) is 16.9. The molecule has 3 aromatic rings. The van der Waals surface area contributed by atoms with Gasteiger partial charge in [0, 0.05) is 27.4 Å². The Kier molecular flexibility index (Phi) is 7.89. The zero-order valence-corrected chi connectivity index (χ0v) is 20.1. The number of phenols is 1. The van der Waals surface area contributed by atoms with E-state index in [0.29, 0.717) is 20.2 Å². The fraction of sp³-hybridized carbons (Fsp3) is 0.130. The van der Waals surface area contributed by atoms with E-state index in [1.807, 2.05) is 36.4 Å². The highest BCUT2D eigenvalue weighted by molar-refractivity contribution is 9.11. The molecule has 0 saturated heterocycles. The fourth-order valence-corrected chi connectivity index (χ4v) is 4.48. The Hall–Kier alpha value is -2.88. The van der Waals surface area contributed by atoms with E-state index in [2.05, 4.69) is 37.2 Å². The van der Waals surface area contributed by atoms with Crippen molar-refractivity contribution in [1.82, 2.24) is 5.48 Å². The fourth-order valence-electron chi connectivity index (χ4n) is 3.22. The number of amides is 2. The molecule has 7 nitrogen and oxygen atoms in total. The molecule has 0 unspecified atom stereocenters. The Bertz CT molecular complexity index is 1180. The number of hydrogen-bond donors (Lipinski definition) is 4. The van der Waals surface area contributed by atoms with Gasteiger partial charge in [-0.05, 0) is 39.5 Å². The number of nitrogens with one attached hydrogen (secondary N) is 2. The second-order valence-electron chi connectivity index (χ2n) is 7.00. The van der Waals surface area contributed by atoms with Gasteiger partial charge in [-0.1, -0.05) is 65.3 Å². The van der Waals surface area contributed by atoms with Crippen molar-refractivity contribution in [2.75, 3.05) is 5.32 Å². The van der Waals surface area contributed by atoms with Gasteiger partial charge in [0.1, 0.15) is 11.9 Å². The first-order valence-electron chi connectivity index (χ1n) is 9.55. The summed E-state index contributed by atoms with van der Waals surface area (Å²) >= 11 is 6.66. The van der Waals surface area contributed by atoms with Gasteiger partial charge in [-0.2, -0.15) is 0 Å². The highest BCUT2D eigenvalue weighted by Gasteiger charge is 2.27. The maximum Gasteiger partial charge on any atom is 0.412 e. The van der Waals surface area contributed by atoms with Gasteiger partial charge in [0.2, 0.25) is 0 Å². The molecule has 0 saturated carbocycles. The summed E-state index contributed by atoms with van der Waals surface area (Å²) in [7, 11) is 0. The lowest BCUT2D eigenvalue weighted by Gasteiger charge is -2.24. The number of carbonyl (C=O) groups is 2. The highest BCUT2D eigenvalue weighted by Crippen LogP contribution is 2.40. The second-order valence-corrected chi connectivity index (χ2v) is 8.77. The minimum absolute atomic E-state index is 0.0944. The Labute approximate surface area is 201 Å². The van der Waals surface area contributed by atoms with Crippen LogP contribution in [0.2, 0.25) is 0 Å².